The van der Waals surface area contributed by atoms with E-state index in [-0.39, 0.29) is 5.91 Å². The molecule has 0 saturated carbocycles. The second-order valence-electron chi connectivity index (χ2n) is 7.56. The summed E-state index contributed by atoms with van der Waals surface area (Å²) in [5.41, 5.74) is 5.44. The SMILES string of the molecule is CCc1ccc(NC(=S)N2CCN(CC(=O)Nc3c(C)cccc3C)CC2)cc1. The van der Waals surface area contributed by atoms with Crippen LogP contribution >= 0.6 is 12.2 Å². The van der Waals surface area contributed by atoms with Crippen LogP contribution in [0.2, 0.25) is 0 Å². The Morgan fingerprint density at radius 1 is 0.966 bits per heavy atom. The summed E-state index contributed by atoms with van der Waals surface area (Å²) in [7, 11) is 0. The number of benzene rings is 2. The molecule has 3 rings (SSSR count). The number of aryl methyl sites for hydroxylation is 3. The van der Waals surface area contributed by atoms with Gasteiger partial charge in [-0.3, -0.25) is 9.69 Å². The highest BCUT2D eigenvalue weighted by Gasteiger charge is 2.21. The van der Waals surface area contributed by atoms with Crippen LogP contribution in [0.3, 0.4) is 0 Å². The van der Waals surface area contributed by atoms with E-state index in [2.05, 4.69) is 51.6 Å². The van der Waals surface area contributed by atoms with Gasteiger partial charge >= 0.3 is 0 Å². The summed E-state index contributed by atoms with van der Waals surface area (Å²) in [6.07, 6.45) is 1.03. The number of hydrogen-bond acceptors (Lipinski definition) is 3. The topological polar surface area (TPSA) is 47.6 Å². The standard InChI is InChI=1S/C23H30N4OS/c1-4-19-8-10-20(11-9-19)24-23(29)27-14-12-26(13-15-27)16-21(28)25-22-17(2)6-5-7-18(22)3/h5-11H,4,12-16H2,1-3H3,(H,24,29)(H,25,28). The van der Waals surface area contributed by atoms with Crippen molar-refractivity contribution < 1.29 is 4.79 Å². The van der Waals surface area contributed by atoms with Crippen molar-refractivity contribution in [3.63, 3.8) is 0 Å². The zero-order chi connectivity index (χ0) is 20.8. The molecule has 1 amide bonds. The summed E-state index contributed by atoms with van der Waals surface area (Å²) in [5, 5.41) is 7.14. The highest BCUT2D eigenvalue weighted by Crippen LogP contribution is 2.19. The first-order valence-electron chi connectivity index (χ1n) is 10.2. The van der Waals surface area contributed by atoms with Gasteiger partial charge in [-0.15, -0.1) is 0 Å². The zero-order valence-electron chi connectivity index (χ0n) is 17.5. The summed E-state index contributed by atoms with van der Waals surface area (Å²) in [4.78, 5) is 16.8. The molecule has 1 saturated heterocycles. The van der Waals surface area contributed by atoms with Crippen LogP contribution in [-0.4, -0.2) is 53.5 Å². The lowest BCUT2D eigenvalue weighted by molar-refractivity contribution is -0.117. The molecule has 5 nitrogen and oxygen atoms in total. The largest absolute Gasteiger partial charge is 0.346 e. The third-order valence-corrected chi connectivity index (χ3v) is 5.75. The molecule has 154 valence electrons. The lowest BCUT2D eigenvalue weighted by atomic mass is 10.1. The monoisotopic (exact) mass is 410 g/mol. The van der Waals surface area contributed by atoms with E-state index in [0.29, 0.717) is 6.54 Å². The highest BCUT2D eigenvalue weighted by atomic mass is 32.1. The second kappa shape index (κ2) is 9.85. The summed E-state index contributed by atoms with van der Waals surface area (Å²) >= 11 is 5.58. The Bertz CT molecular complexity index is 837. The van der Waals surface area contributed by atoms with Crippen LogP contribution in [0.25, 0.3) is 0 Å². The molecule has 6 heteroatoms. The van der Waals surface area contributed by atoms with E-state index in [4.69, 9.17) is 12.2 Å². The normalized spacial score (nSPS) is 14.5. The lowest BCUT2D eigenvalue weighted by Gasteiger charge is -2.35. The molecule has 2 aromatic carbocycles. The molecule has 0 unspecified atom stereocenters. The van der Waals surface area contributed by atoms with E-state index >= 15 is 0 Å². The van der Waals surface area contributed by atoms with E-state index in [1.807, 2.05) is 32.0 Å². The first-order chi connectivity index (χ1) is 14.0. The van der Waals surface area contributed by atoms with Crippen molar-refractivity contribution >= 4 is 34.6 Å². The van der Waals surface area contributed by atoms with Gasteiger partial charge in [0, 0.05) is 37.6 Å². The van der Waals surface area contributed by atoms with Gasteiger partial charge in [-0.2, -0.15) is 0 Å². The van der Waals surface area contributed by atoms with Crippen molar-refractivity contribution in [1.29, 1.82) is 0 Å². The minimum Gasteiger partial charge on any atom is -0.346 e. The van der Waals surface area contributed by atoms with Crippen molar-refractivity contribution in [1.82, 2.24) is 9.80 Å². The van der Waals surface area contributed by atoms with E-state index in [1.54, 1.807) is 0 Å². The number of carbonyl (C=O) groups is 1. The molecule has 2 N–H and O–H groups in total. The number of amides is 1. The smallest absolute Gasteiger partial charge is 0.238 e. The van der Waals surface area contributed by atoms with E-state index in [0.717, 1.165) is 60.2 Å². The molecule has 29 heavy (non-hydrogen) atoms. The first-order valence-corrected chi connectivity index (χ1v) is 10.6. The molecule has 0 aliphatic carbocycles. The van der Waals surface area contributed by atoms with Gasteiger partial charge < -0.3 is 15.5 Å². The van der Waals surface area contributed by atoms with Crippen molar-refractivity contribution in [3.8, 4) is 0 Å². The van der Waals surface area contributed by atoms with Gasteiger partial charge in [0.15, 0.2) is 5.11 Å². The fourth-order valence-electron chi connectivity index (χ4n) is 3.53. The van der Waals surface area contributed by atoms with E-state index < -0.39 is 0 Å². The van der Waals surface area contributed by atoms with Crippen molar-refractivity contribution in [2.75, 3.05) is 43.4 Å². The molecule has 0 spiro atoms. The van der Waals surface area contributed by atoms with Gasteiger partial charge in [-0.1, -0.05) is 37.3 Å². The van der Waals surface area contributed by atoms with Gasteiger partial charge in [0.25, 0.3) is 0 Å². The van der Waals surface area contributed by atoms with Crippen LogP contribution in [0.5, 0.6) is 0 Å². The fourth-order valence-corrected chi connectivity index (χ4v) is 3.83. The Morgan fingerprint density at radius 2 is 1.59 bits per heavy atom. The second-order valence-corrected chi connectivity index (χ2v) is 7.95. The third kappa shape index (κ3) is 5.78. The van der Waals surface area contributed by atoms with Gasteiger partial charge in [0.2, 0.25) is 5.91 Å². The molecule has 1 fully saturated rings. The minimum atomic E-state index is 0.0348. The highest BCUT2D eigenvalue weighted by molar-refractivity contribution is 7.80. The number of carbonyl (C=O) groups excluding carboxylic acids is 1. The Hall–Kier alpha value is -2.44. The first kappa shape index (κ1) is 21.3. The number of para-hydroxylation sites is 1. The molecule has 1 heterocycles. The summed E-state index contributed by atoms with van der Waals surface area (Å²) < 4.78 is 0. The fraction of sp³-hybridized carbons (Fsp3) is 0.391. The van der Waals surface area contributed by atoms with Crippen LogP contribution in [-0.2, 0) is 11.2 Å². The van der Waals surface area contributed by atoms with Gasteiger partial charge in [0.05, 0.1) is 6.54 Å². The molecule has 1 aliphatic rings. The minimum absolute atomic E-state index is 0.0348. The molecule has 0 radical (unpaired) electrons. The van der Waals surface area contributed by atoms with Crippen molar-refractivity contribution in [2.45, 2.75) is 27.2 Å². The predicted molar refractivity (Wildman–Crippen MR) is 125 cm³/mol. The number of piperazine rings is 1. The Balaban J connectivity index is 1.46. The van der Waals surface area contributed by atoms with Crippen LogP contribution < -0.4 is 10.6 Å². The maximum Gasteiger partial charge on any atom is 0.238 e. The maximum atomic E-state index is 12.5. The van der Waals surface area contributed by atoms with Crippen LogP contribution in [0, 0.1) is 13.8 Å². The summed E-state index contributed by atoms with van der Waals surface area (Å²) in [5.74, 6) is 0.0348. The molecule has 1 aliphatic heterocycles. The maximum absolute atomic E-state index is 12.5. The van der Waals surface area contributed by atoms with Crippen LogP contribution in [0.1, 0.15) is 23.6 Å². The lowest BCUT2D eigenvalue weighted by Crippen LogP contribution is -2.51. The quantitative estimate of drug-likeness (QED) is 0.734. The third-order valence-electron chi connectivity index (χ3n) is 5.39. The Kier molecular flexibility index (Phi) is 7.23. The average Bonchev–Trinajstić information content (AvgIpc) is 2.72. The number of anilines is 2. The number of thiocarbonyl (C=S) groups is 1. The van der Waals surface area contributed by atoms with Gasteiger partial charge in [-0.25, -0.2) is 0 Å². The number of hydrogen-bond donors (Lipinski definition) is 2. The number of nitrogens with one attached hydrogen (secondary N) is 2. The molecular formula is C23H30N4OS. The van der Waals surface area contributed by atoms with Gasteiger partial charge in [0.1, 0.15) is 0 Å². The van der Waals surface area contributed by atoms with Gasteiger partial charge in [-0.05, 0) is 61.3 Å². The van der Waals surface area contributed by atoms with Crippen LogP contribution in [0.15, 0.2) is 42.5 Å². The van der Waals surface area contributed by atoms with E-state index in [9.17, 15) is 4.79 Å². The zero-order valence-corrected chi connectivity index (χ0v) is 18.3. The Labute approximate surface area is 179 Å². The molecule has 0 atom stereocenters. The average molecular weight is 411 g/mol. The van der Waals surface area contributed by atoms with Crippen molar-refractivity contribution in [3.05, 3.63) is 59.2 Å². The molecule has 2 aromatic rings. The molecule has 0 bridgehead atoms. The number of nitrogens with zero attached hydrogens (tertiary/aromatic N) is 2. The summed E-state index contributed by atoms with van der Waals surface area (Å²) in [6.45, 7) is 9.85. The summed E-state index contributed by atoms with van der Waals surface area (Å²) in [6, 6.07) is 14.4. The molecule has 0 aromatic heterocycles. The predicted octanol–water partition coefficient (Wildman–Crippen LogP) is 3.82. The van der Waals surface area contributed by atoms with E-state index in [1.165, 1.54) is 5.56 Å². The molecular weight excluding hydrogens is 380 g/mol. The van der Waals surface area contributed by atoms with Crippen LogP contribution in [0.4, 0.5) is 11.4 Å². The number of rotatable bonds is 5. The Morgan fingerprint density at radius 3 is 2.17 bits per heavy atom. The van der Waals surface area contributed by atoms with Crippen molar-refractivity contribution in [2.24, 2.45) is 0 Å².